The molecule has 1 aliphatic carbocycles. The van der Waals surface area contributed by atoms with Gasteiger partial charge in [0.05, 0.1) is 51.7 Å². The van der Waals surface area contributed by atoms with Crippen molar-refractivity contribution >= 4 is 70.0 Å². The van der Waals surface area contributed by atoms with Crippen LogP contribution in [0, 0.1) is 11.3 Å². The minimum atomic E-state index is -4.24. The number of benzene rings is 3. The zero-order valence-corrected chi connectivity index (χ0v) is 43.3. The lowest BCUT2D eigenvalue weighted by atomic mass is 9.98. The van der Waals surface area contributed by atoms with Crippen LogP contribution in [0.15, 0.2) is 85.5 Å². The first-order valence-corrected chi connectivity index (χ1v) is 28.6. The number of hydrogen-bond acceptors (Lipinski definition) is 18. The molecule has 0 bridgehead atoms. The van der Waals surface area contributed by atoms with E-state index >= 15 is 0 Å². The molecule has 0 spiro atoms. The second kappa shape index (κ2) is 28.3. The number of aromatic nitrogens is 4. The molecule has 388 valence electrons. The molecule has 2 unspecified atom stereocenters. The lowest BCUT2D eigenvalue weighted by Crippen LogP contribution is -2.27. The van der Waals surface area contributed by atoms with Crippen LogP contribution in [0.25, 0.3) is 22.3 Å². The number of carbonyl (C=O) groups excluding carboxylic acids is 4. The number of ether oxygens (including phenoxy) is 3. The highest BCUT2D eigenvalue weighted by molar-refractivity contribution is 8.76. The highest BCUT2D eigenvalue weighted by Crippen LogP contribution is 2.53. The number of aryl methyl sites for hydroxylation is 1. The Bertz CT molecular complexity index is 2690. The Morgan fingerprint density at radius 1 is 0.836 bits per heavy atom. The van der Waals surface area contributed by atoms with Crippen molar-refractivity contribution < 1.29 is 56.6 Å². The van der Waals surface area contributed by atoms with Gasteiger partial charge in [-0.15, -0.1) is 0 Å². The topological polar surface area (TPSA) is 240 Å². The summed E-state index contributed by atoms with van der Waals surface area (Å²) in [7, 11) is -1.06. The van der Waals surface area contributed by atoms with Gasteiger partial charge in [-0.3, -0.25) is 37.3 Å². The third kappa shape index (κ3) is 15.8. The number of fused-ring (bicyclic) bond motifs is 4. The number of ketones is 1. The second-order valence-electron chi connectivity index (χ2n) is 17.4. The Kier molecular flexibility index (Phi) is 21.4. The molecule has 21 heteroatoms. The van der Waals surface area contributed by atoms with Gasteiger partial charge >= 0.3 is 19.8 Å². The fourth-order valence-electron chi connectivity index (χ4n) is 8.43. The number of nitriles is 1. The molecule has 2 aliphatic rings. The summed E-state index contributed by atoms with van der Waals surface area (Å²) in [6.07, 6.45) is 5.59. The van der Waals surface area contributed by atoms with E-state index in [0.29, 0.717) is 42.6 Å². The van der Waals surface area contributed by atoms with Crippen LogP contribution < -0.4 is 5.32 Å². The quantitative estimate of drug-likeness (QED) is 0.0182. The van der Waals surface area contributed by atoms with Crippen LogP contribution in [0.5, 0.6) is 0 Å². The maximum absolute atomic E-state index is 13.9. The second-order valence-corrected chi connectivity index (χ2v) is 21.7. The van der Waals surface area contributed by atoms with Crippen LogP contribution in [0.3, 0.4) is 0 Å². The smallest absolute Gasteiger partial charge is 0.466 e. The molecule has 1 fully saturated rings. The van der Waals surface area contributed by atoms with Crippen molar-refractivity contribution in [2.45, 2.75) is 108 Å². The van der Waals surface area contributed by atoms with Crippen molar-refractivity contribution in [3.63, 3.8) is 0 Å². The summed E-state index contributed by atoms with van der Waals surface area (Å²) in [5, 5.41) is 22.2. The van der Waals surface area contributed by atoms with Crippen LogP contribution in [0.2, 0.25) is 0 Å². The van der Waals surface area contributed by atoms with Crippen LogP contribution in [-0.4, -0.2) is 105 Å². The highest BCUT2D eigenvalue weighted by Gasteiger charge is 2.43. The molecule has 1 saturated heterocycles. The molecule has 5 aromatic rings. The number of nitrogens with zero attached hydrogens (tertiary/aromatic N) is 5. The van der Waals surface area contributed by atoms with Crippen molar-refractivity contribution in [3.8, 4) is 17.2 Å². The average Bonchev–Trinajstić information content (AvgIpc) is 4.11. The van der Waals surface area contributed by atoms with Gasteiger partial charge in [0.25, 0.3) is 5.91 Å². The maximum Gasteiger partial charge on any atom is 0.475 e. The molecule has 3 aromatic carbocycles. The van der Waals surface area contributed by atoms with Crippen molar-refractivity contribution in [1.29, 1.82) is 5.26 Å². The molecule has 18 nitrogen and oxygen atoms in total. The maximum atomic E-state index is 13.9. The summed E-state index contributed by atoms with van der Waals surface area (Å²) in [5.41, 5.74) is 6.44. The number of amides is 1. The van der Waals surface area contributed by atoms with Gasteiger partial charge in [0.2, 0.25) is 0 Å². The van der Waals surface area contributed by atoms with Gasteiger partial charge in [-0.1, -0.05) is 102 Å². The Morgan fingerprint density at radius 2 is 1.53 bits per heavy atom. The number of imidazole rings is 1. The van der Waals surface area contributed by atoms with E-state index in [0.717, 1.165) is 52.8 Å². The Hall–Kier alpha value is -5.49. The Morgan fingerprint density at radius 3 is 2.25 bits per heavy atom. The number of rotatable bonds is 31. The fourth-order valence-corrected chi connectivity index (χ4v) is 12.0. The molecular formula is C52H61N6O12PS2. The van der Waals surface area contributed by atoms with Crippen LogP contribution >= 0.6 is 29.4 Å². The lowest BCUT2D eigenvalue weighted by Gasteiger charge is -2.23. The SMILES string of the molecule is CCCCCC(=O)CCC(=O)OCCCSSCCCOP(=O)(OCCC#N)OC1C[C@H](n2cnc3c(NC(=O)c4ccc(CCC(=O)OCC5c6ccccc6-c6ccccc65)cc4)ncnc32)O[C@@H]1CO. The predicted molar refractivity (Wildman–Crippen MR) is 276 cm³/mol. The van der Waals surface area contributed by atoms with E-state index in [-0.39, 0.29) is 93.5 Å². The van der Waals surface area contributed by atoms with Gasteiger partial charge in [0.15, 0.2) is 17.0 Å². The van der Waals surface area contributed by atoms with E-state index in [9.17, 15) is 28.8 Å². The molecule has 0 saturated carbocycles. The lowest BCUT2D eigenvalue weighted by molar-refractivity contribution is -0.145. The third-order valence-electron chi connectivity index (χ3n) is 12.2. The van der Waals surface area contributed by atoms with Crippen molar-refractivity contribution in [2.75, 3.05) is 49.9 Å². The summed E-state index contributed by atoms with van der Waals surface area (Å²) in [6.45, 7) is 1.95. The van der Waals surface area contributed by atoms with Crippen molar-refractivity contribution in [1.82, 2.24) is 19.5 Å². The van der Waals surface area contributed by atoms with Crippen molar-refractivity contribution in [2.24, 2.45) is 0 Å². The predicted octanol–water partition coefficient (Wildman–Crippen LogP) is 9.72. The summed E-state index contributed by atoms with van der Waals surface area (Å²) >= 11 is 0. The number of nitrogens with one attached hydrogen (secondary N) is 1. The molecule has 73 heavy (non-hydrogen) atoms. The number of aliphatic hydroxyl groups is 1. The van der Waals surface area contributed by atoms with Crippen LogP contribution in [-0.2, 0) is 53.2 Å². The minimum Gasteiger partial charge on any atom is -0.466 e. The molecule has 3 heterocycles. The van der Waals surface area contributed by atoms with Crippen molar-refractivity contribution in [3.05, 3.63) is 108 Å². The third-order valence-corrected chi connectivity index (χ3v) is 16.3. The van der Waals surface area contributed by atoms with Gasteiger partial charge in [-0.25, -0.2) is 19.5 Å². The van der Waals surface area contributed by atoms with E-state index < -0.39 is 38.8 Å². The zero-order chi connectivity index (χ0) is 51.4. The number of carbonyl (C=O) groups is 4. The average molecular weight is 1060 g/mol. The number of unbranched alkanes of at least 4 members (excludes halogenated alkanes) is 2. The van der Waals surface area contributed by atoms with Crippen LogP contribution in [0.1, 0.15) is 117 Å². The normalized spacial score (nSPS) is 16.9. The summed E-state index contributed by atoms with van der Waals surface area (Å²) in [6, 6.07) is 25.2. The first-order chi connectivity index (χ1) is 35.6. The minimum absolute atomic E-state index is 0.0191. The number of esters is 2. The number of hydrogen-bond donors (Lipinski definition) is 2. The first-order valence-electron chi connectivity index (χ1n) is 24.6. The summed E-state index contributed by atoms with van der Waals surface area (Å²) < 4.78 is 49.8. The molecule has 1 aliphatic heterocycles. The van der Waals surface area contributed by atoms with Crippen LogP contribution in [0.4, 0.5) is 5.82 Å². The Labute approximate surface area is 432 Å². The zero-order valence-electron chi connectivity index (χ0n) is 40.8. The molecule has 4 atom stereocenters. The van der Waals surface area contributed by atoms with E-state index in [1.54, 1.807) is 50.4 Å². The highest BCUT2D eigenvalue weighted by atomic mass is 33.1. The van der Waals surface area contributed by atoms with Gasteiger partial charge in [-0.2, -0.15) is 5.26 Å². The van der Waals surface area contributed by atoms with E-state index in [2.05, 4.69) is 51.5 Å². The molecule has 7 rings (SSSR count). The Balaban J connectivity index is 0.843. The standard InChI is InChI=1S/C52H61N6O12PS2/c1-2-3-4-12-38(60)22-24-47(61)65-26-10-29-72-73-30-11-28-68-71(64,67-27-9-25-53)70-44-31-46(69-45(44)32-59)58-35-56-49-50(54-34-55-51(49)58)57-52(63)37-20-17-36(18-21-37)19-23-48(62)66-33-43-41-15-7-5-13-39(41)40-14-6-8-16-42(40)43/h5-8,13-18,20-21,34-35,43-46,59H,2-4,9-12,19,22-24,26-33H2,1H3,(H,54,55,57,63)/t44?,45-,46-,71?/m1/s1. The first kappa shape index (κ1) is 55.3. The molecule has 2 N–H and O–H groups in total. The summed E-state index contributed by atoms with van der Waals surface area (Å²) in [4.78, 5) is 63.3. The van der Waals surface area contributed by atoms with E-state index in [1.165, 1.54) is 12.7 Å². The van der Waals surface area contributed by atoms with E-state index in [1.807, 2.05) is 30.3 Å². The number of Topliss-reactive ketones (excluding diaryl/α,β-unsaturated/α-hetero) is 1. The molecule has 0 radical (unpaired) electrons. The van der Waals surface area contributed by atoms with Gasteiger partial charge in [-0.05, 0) is 65.6 Å². The summed E-state index contributed by atoms with van der Waals surface area (Å²) in [5.74, 6) is 0.498. The number of anilines is 1. The van der Waals surface area contributed by atoms with E-state index in [4.69, 9.17) is 33.0 Å². The van der Waals surface area contributed by atoms with Gasteiger partial charge in [0, 0.05) is 48.7 Å². The van der Waals surface area contributed by atoms with Gasteiger partial charge < -0.3 is 24.6 Å². The number of aliphatic hydroxyl groups excluding tert-OH is 1. The fraction of sp³-hybridized carbons (Fsp3) is 0.462. The number of phosphoric ester groups is 1. The monoisotopic (exact) mass is 1060 g/mol. The largest absolute Gasteiger partial charge is 0.475 e. The van der Waals surface area contributed by atoms with Gasteiger partial charge in [0.1, 0.15) is 37.2 Å². The molecule has 2 aromatic heterocycles. The molecule has 1 amide bonds. The molecular weight excluding hydrogens is 996 g/mol. The number of phosphoric acid groups is 1.